The maximum atomic E-state index is 13.2. The van der Waals surface area contributed by atoms with Gasteiger partial charge in [0.15, 0.2) is 6.54 Å². The molecule has 3 nitrogen and oxygen atoms in total. The summed E-state index contributed by atoms with van der Waals surface area (Å²) in [7, 11) is 0. The van der Waals surface area contributed by atoms with E-state index in [9.17, 15) is 9.18 Å². The van der Waals surface area contributed by atoms with Gasteiger partial charge in [-0.3, -0.25) is 4.79 Å². The van der Waals surface area contributed by atoms with Crippen molar-refractivity contribution in [2.75, 3.05) is 6.54 Å². The zero-order valence-corrected chi connectivity index (χ0v) is 17.0. The van der Waals surface area contributed by atoms with Gasteiger partial charge in [-0.25, -0.2) is 4.39 Å². The fourth-order valence-electron chi connectivity index (χ4n) is 3.35. The molecule has 1 heterocycles. The van der Waals surface area contributed by atoms with Gasteiger partial charge in [-0.05, 0) is 29.1 Å². The van der Waals surface area contributed by atoms with E-state index < -0.39 is 0 Å². The van der Waals surface area contributed by atoms with Gasteiger partial charge in [-0.15, -0.1) is 11.3 Å². The third-order valence-electron chi connectivity index (χ3n) is 4.80. The van der Waals surface area contributed by atoms with Crippen LogP contribution in [-0.4, -0.2) is 12.5 Å². The van der Waals surface area contributed by atoms with E-state index >= 15 is 0 Å². The SMILES string of the molecule is CC(C)[C@H]([NH2+]CC(=O)N[C@@H](c1ccccc1)c1cccs1)c1ccc(F)cc1. The Morgan fingerprint density at radius 3 is 2.32 bits per heavy atom. The van der Waals surface area contributed by atoms with Gasteiger partial charge in [0.05, 0.1) is 6.04 Å². The van der Waals surface area contributed by atoms with Crippen molar-refractivity contribution in [3.63, 3.8) is 0 Å². The molecule has 1 amide bonds. The summed E-state index contributed by atoms with van der Waals surface area (Å²) in [6.45, 7) is 4.54. The Hall–Kier alpha value is -2.50. The minimum atomic E-state index is -0.245. The number of rotatable bonds is 8. The Kier molecular flexibility index (Phi) is 6.95. The molecule has 0 radical (unpaired) electrons. The molecule has 0 saturated heterocycles. The summed E-state index contributed by atoms with van der Waals surface area (Å²) in [5, 5.41) is 7.22. The van der Waals surface area contributed by atoms with Crippen molar-refractivity contribution in [1.82, 2.24) is 5.32 Å². The van der Waals surface area contributed by atoms with Crippen molar-refractivity contribution in [2.24, 2.45) is 5.92 Å². The second-order valence-corrected chi connectivity index (χ2v) is 8.17. The predicted octanol–water partition coefficient (Wildman–Crippen LogP) is 4.05. The maximum Gasteiger partial charge on any atom is 0.275 e. The number of nitrogens with two attached hydrogens (primary N) is 1. The first-order valence-corrected chi connectivity index (χ1v) is 10.4. The summed E-state index contributed by atoms with van der Waals surface area (Å²) in [4.78, 5) is 13.8. The molecule has 28 heavy (non-hydrogen) atoms. The van der Waals surface area contributed by atoms with Crippen molar-refractivity contribution < 1.29 is 14.5 Å². The molecule has 0 bridgehead atoms. The van der Waals surface area contributed by atoms with Crippen LogP contribution in [0.3, 0.4) is 0 Å². The van der Waals surface area contributed by atoms with E-state index in [2.05, 4.69) is 19.2 Å². The second-order valence-electron chi connectivity index (χ2n) is 7.19. The Morgan fingerprint density at radius 1 is 1.00 bits per heavy atom. The van der Waals surface area contributed by atoms with Crippen LogP contribution in [0.15, 0.2) is 72.1 Å². The number of thiophene rings is 1. The zero-order chi connectivity index (χ0) is 19.9. The number of hydrogen-bond acceptors (Lipinski definition) is 2. The van der Waals surface area contributed by atoms with E-state index in [4.69, 9.17) is 0 Å². The lowest BCUT2D eigenvalue weighted by atomic mass is 9.96. The van der Waals surface area contributed by atoms with Crippen molar-refractivity contribution in [2.45, 2.75) is 25.9 Å². The molecule has 1 aromatic heterocycles. The van der Waals surface area contributed by atoms with Gasteiger partial charge in [0.2, 0.25) is 0 Å². The highest BCUT2D eigenvalue weighted by molar-refractivity contribution is 7.10. The van der Waals surface area contributed by atoms with Gasteiger partial charge in [-0.1, -0.05) is 62.4 Å². The molecule has 0 aliphatic carbocycles. The normalized spacial score (nSPS) is 13.3. The first-order chi connectivity index (χ1) is 13.5. The van der Waals surface area contributed by atoms with E-state index in [1.54, 1.807) is 23.5 Å². The van der Waals surface area contributed by atoms with E-state index in [1.807, 2.05) is 53.2 Å². The highest BCUT2D eigenvalue weighted by Crippen LogP contribution is 2.25. The van der Waals surface area contributed by atoms with Gasteiger partial charge < -0.3 is 10.6 Å². The highest BCUT2D eigenvalue weighted by atomic mass is 32.1. The fourth-order valence-corrected chi connectivity index (χ4v) is 4.15. The second kappa shape index (κ2) is 9.62. The summed E-state index contributed by atoms with van der Waals surface area (Å²) in [6, 6.07) is 20.5. The molecule has 2 atom stereocenters. The van der Waals surface area contributed by atoms with Crippen molar-refractivity contribution in [1.29, 1.82) is 0 Å². The van der Waals surface area contributed by atoms with E-state index in [-0.39, 0.29) is 23.8 Å². The lowest BCUT2D eigenvalue weighted by Crippen LogP contribution is -2.88. The Morgan fingerprint density at radius 2 is 1.71 bits per heavy atom. The molecule has 0 aliphatic rings. The topological polar surface area (TPSA) is 45.7 Å². The Labute approximate surface area is 169 Å². The molecule has 3 aromatic rings. The third-order valence-corrected chi connectivity index (χ3v) is 5.73. The molecule has 146 valence electrons. The molecule has 0 unspecified atom stereocenters. The van der Waals surface area contributed by atoms with Gasteiger partial charge in [-0.2, -0.15) is 0 Å². The molecule has 3 N–H and O–H groups in total. The number of halogens is 1. The number of carbonyl (C=O) groups is 1. The van der Waals surface area contributed by atoms with Gasteiger partial charge in [0.25, 0.3) is 5.91 Å². The molecule has 0 fully saturated rings. The fraction of sp³-hybridized carbons (Fsp3) is 0.261. The number of quaternary nitrogens is 1. The first kappa shape index (κ1) is 20.2. The standard InChI is InChI=1S/C23H25FN2OS/c1-16(2)22(18-10-12-19(24)13-11-18)25-15-21(27)26-23(20-9-6-14-28-20)17-7-4-3-5-8-17/h3-14,16,22-23,25H,15H2,1-2H3,(H,26,27)/p+1/t22-,23-/m0/s1. The van der Waals surface area contributed by atoms with Crippen LogP contribution in [0.2, 0.25) is 0 Å². The maximum absolute atomic E-state index is 13.2. The summed E-state index contributed by atoms with van der Waals surface area (Å²) in [6.07, 6.45) is 0. The number of benzene rings is 2. The van der Waals surface area contributed by atoms with Crippen LogP contribution in [0.25, 0.3) is 0 Å². The lowest BCUT2D eigenvalue weighted by Gasteiger charge is -2.21. The average Bonchev–Trinajstić information content (AvgIpc) is 3.22. The number of amides is 1. The predicted molar refractivity (Wildman–Crippen MR) is 112 cm³/mol. The number of nitrogens with one attached hydrogen (secondary N) is 1. The monoisotopic (exact) mass is 397 g/mol. The van der Waals surface area contributed by atoms with Crippen LogP contribution >= 0.6 is 11.3 Å². The van der Waals surface area contributed by atoms with E-state index in [1.165, 1.54) is 12.1 Å². The summed E-state index contributed by atoms with van der Waals surface area (Å²) < 4.78 is 13.2. The molecular formula is C23H26FN2OS+. The quantitative estimate of drug-likeness (QED) is 0.592. The largest absolute Gasteiger partial charge is 0.339 e. The molecule has 5 heteroatoms. The summed E-state index contributed by atoms with van der Waals surface area (Å²) in [5.41, 5.74) is 2.10. The summed E-state index contributed by atoms with van der Waals surface area (Å²) in [5.74, 6) is 0.0566. The zero-order valence-electron chi connectivity index (χ0n) is 16.1. The van der Waals surface area contributed by atoms with Crippen LogP contribution in [0.5, 0.6) is 0 Å². The molecule has 0 aliphatic heterocycles. The van der Waals surface area contributed by atoms with Gasteiger partial charge >= 0.3 is 0 Å². The van der Waals surface area contributed by atoms with Crippen LogP contribution in [0.4, 0.5) is 4.39 Å². The lowest BCUT2D eigenvalue weighted by molar-refractivity contribution is -0.692. The van der Waals surface area contributed by atoms with Crippen LogP contribution in [-0.2, 0) is 4.79 Å². The van der Waals surface area contributed by atoms with Crippen molar-refractivity contribution in [3.8, 4) is 0 Å². The van der Waals surface area contributed by atoms with E-state index in [0.29, 0.717) is 12.5 Å². The smallest absolute Gasteiger partial charge is 0.275 e. The van der Waals surface area contributed by atoms with E-state index in [0.717, 1.165) is 16.0 Å². The Bertz CT molecular complexity index is 863. The highest BCUT2D eigenvalue weighted by Gasteiger charge is 2.23. The van der Waals surface area contributed by atoms with Gasteiger partial charge in [0, 0.05) is 16.4 Å². The number of hydrogen-bond donors (Lipinski definition) is 2. The summed E-state index contributed by atoms with van der Waals surface area (Å²) >= 11 is 1.63. The van der Waals surface area contributed by atoms with Crippen LogP contribution in [0, 0.1) is 11.7 Å². The molecule has 3 rings (SSSR count). The number of carbonyl (C=O) groups excluding carboxylic acids is 1. The third kappa shape index (κ3) is 5.27. The van der Waals surface area contributed by atoms with Crippen molar-refractivity contribution in [3.05, 3.63) is 93.9 Å². The Balaban J connectivity index is 1.68. The molecular weight excluding hydrogens is 371 g/mol. The van der Waals surface area contributed by atoms with Crippen LogP contribution < -0.4 is 10.6 Å². The minimum absolute atomic E-state index is 0.0185. The molecule has 0 saturated carbocycles. The molecule has 2 aromatic carbocycles. The average molecular weight is 398 g/mol. The van der Waals surface area contributed by atoms with Crippen LogP contribution in [0.1, 0.15) is 41.9 Å². The van der Waals surface area contributed by atoms with Gasteiger partial charge in [0.1, 0.15) is 11.9 Å². The minimum Gasteiger partial charge on any atom is -0.339 e. The first-order valence-electron chi connectivity index (χ1n) is 9.51. The molecule has 0 spiro atoms. The van der Waals surface area contributed by atoms with Crippen molar-refractivity contribution >= 4 is 17.2 Å².